The number of piperidine rings is 1. The monoisotopic (exact) mass is 1880 g/mol. The van der Waals surface area contributed by atoms with Gasteiger partial charge in [-0.15, -0.1) is 0 Å². The number of halogens is 1. The maximum atomic E-state index is 13.3. The Hall–Kier alpha value is -5.05. The quantitative estimate of drug-likeness (QED) is 0.126. The highest BCUT2D eigenvalue weighted by Crippen LogP contribution is 2.42. The molecule has 3 amide bonds. The van der Waals surface area contributed by atoms with E-state index in [0.717, 1.165) is 148 Å². The largest absolute Gasteiger partial charge is 0.391 e. The summed E-state index contributed by atoms with van der Waals surface area (Å²) in [5.41, 5.74) is 2.63. The van der Waals surface area contributed by atoms with Gasteiger partial charge in [0.15, 0.2) is 0 Å². The lowest BCUT2D eigenvalue weighted by atomic mass is 9.71. The summed E-state index contributed by atoms with van der Waals surface area (Å²) in [6, 6.07) is 12.6. The third-order valence-corrected chi connectivity index (χ3v) is 31.9. The summed E-state index contributed by atoms with van der Waals surface area (Å²) >= 11 is 0. The summed E-state index contributed by atoms with van der Waals surface area (Å²) in [4.78, 5) is 91.9. The number of hydrogen-bond donors (Lipinski definition) is 3. The molecule has 2 saturated carbocycles. The van der Waals surface area contributed by atoms with Crippen molar-refractivity contribution in [2.45, 2.75) is 357 Å². The average molecular weight is 1880 g/mol. The first kappa shape index (κ1) is 114. The van der Waals surface area contributed by atoms with Crippen LogP contribution in [0.3, 0.4) is 0 Å². The van der Waals surface area contributed by atoms with Crippen molar-refractivity contribution in [2.75, 3.05) is 222 Å². The second-order valence-electron chi connectivity index (χ2n) is 46.3. The molecular weight excluding hydrogens is 1680 g/mol. The Morgan fingerprint density at radius 3 is 1.32 bits per heavy atom. The van der Waals surface area contributed by atoms with Crippen molar-refractivity contribution in [3.05, 3.63) is 48.9 Å². The van der Waals surface area contributed by atoms with Gasteiger partial charge in [0.25, 0.3) is 0 Å². The number of aromatic nitrogens is 3. The summed E-state index contributed by atoms with van der Waals surface area (Å²) in [7, 11) is 14.3. The van der Waals surface area contributed by atoms with Crippen LogP contribution in [0.4, 0.5) is 15.8 Å². The molecule has 0 spiro atoms. The number of likely N-dealkylation sites (tertiary alicyclic amines) is 4. The van der Waals surface area contributed by atoms with Gasteiger partial charge in [0.05, 0.1) is 30.1 Å². The maximum Gasteiger partial charge on any atom is 0.236 e. The third-order valence-electron chi connectivity index (χ3n) is 31.9. The Balaban J connectivity index is 0.000000186. The van der Waals surface area contributed by atoms with Crippen LogP contribution in [0.25, 0.3) is 0 Å². The predicted octanol–water partition coefficient (Wildman–Crippen LogP) is 11.6. The maximum absolute atomic E-state index is 13.3. The first-order chi connectivity index (χ1) is 63.0. The summed E-state index contributed by atoms with van der Waals surface area (Å²) in [6.07, 6.45) is 22.9. The zero-order chi connectivity index (χ0) is 99.1. The normalized spacial score (nSPS) is 29.0. The van der Waals surface area contributed by atoms with Crippen LogP contribution in [0.2, 0.25) is 0 Å². The van der Waals surface area contributed by atoms with Gasteiger partial charge >= 0.3 is 0 Å². The zero-order valence-electron chi connectivity index (χ0n) is 90.8. The minimum absolute atomic E-state index is 0.0192. The number of anilines is 2. The molecule has 2 aromatic rings. The molecule has 8 unspecified atom stereocenters. The molecule has 12 saturated heterocycles. The molecule has 6 bridgehead atoms. The van der Waals surface area contributed by atoms with Crippen molar-refractivity contribution in [3.8, 4) is 0 Å². The second-order valence-corrected chi connectivity index (χ2v) is 46.3. The lowest BCUT2D eigenvalue weighted by Crippen LogP contribution is -2.58. The van der Waals surface area contributed by atoms with Crippen LogP contribution in [-0.2, 0) is 26.2 Å². The van der Waals surface area contributed by atoms with E-state index in [-0.39, 0.29) is 46.1 Å². The molecule has 14 atom stereocenters. The van der Waals surface area contributed by atoms with Crippen molar-refractivity contribution in [1.29, 1.82) is 0 Å². The number of piperazine rings is 8. The number of aliphatic hydroxyl groups is 1. The summed E-state index contributed by atoms with van der Waals surface area (Å²) in [5, 5.41) is 20.6. The lowest BCUT2D eigenvalue weighted by Gasteiger charge is -2.48. The molecule has 14 fully saturated rings. The fourth-order valence-electron chi connectivity index (χ4n) is 22.7. The molecule has 12 aliphatic heterocycles. The topological polar surface area (TPSA) is 198 Å². The Bertz CT molecular complexity index is 3720. The van der Waals surface area contributed by atoms with Crippen LogP contribution >= 0.6 is 0 Å². The van der Waals surface area contributed by atoms with E-state index in [1.54, 1.807) is 19.3 Å². The van der Waals surface area contributed by atoms with Gasteiger partial charge in [-0.25, -0.2) is 4.98 Å². The predicted molar refractivity (Wildman–Crippen MR) is 554 cm³/mol. The number of carbonyl (C=O) groups excluding carboxylic acids is 4. The lowest BCUT2D eigenvalue weighted by molar-refractivity contribution is -0.144. The van der Waals surface area contributed by atoms with E-state index in [1.165, 1.54) is 122 Å². The molecule has 28 heteroatoms. The highest BCUT2D eigenvalue weighted by atomic mass is 19.1. The van der Waals surface area contributed by atoms with Crippen molar-refractivity contribution in [1.82, 2.24) is 98.9 Å². The first-order valence-electron chi connectivity index (χ1n) is 53.1. The van der Waals surface area contributed by atoms with Crippen molar-refractivity contribution in [2.24, 2.45) is 29.7 Å². The number of Topliss-reactive ketones (excluding diaryl/α,β-unsaturated/α-hetero) is 1. The van der Waals surface area contributed by atoms with Crippen LogP contribution < -0.4 is 20.4 Å². The number of aryl methyl sites for hydroxylation is 1. The molecule has 16 rings (SSSR count). The van der Waals surface area contributed by atoms with E-state index in [2.05, 4.69) is 239 Å². The molecule has 0 aromatic carbocycles. The van der Waals surface area contributed by atoms with E-state index < -0.39 is 0 Å². The van der Waals surface area contributed by atoms with Gasteiger partial charge in [0.2, 0.25) is 23.7 Å². The minimum Gasteiger partial charge on any atom is -0.391 e. The summed E-state index contributed by atoms with van der Waals surface area (Å²) < 4.78 is 15.2. The third kappa shape index (κ3) is 33.8. The number of likely N-dealkylation sites (N-methyl/N-ethyl adjacent to an activating group) is 6. The number of nitrogens with one attached hydrogen (secondary N) is 2. The molecule has 770 valence electrons. The molecule has 14 heterocycles. The van der Waals surface area contributed by atoms with Gasteiger partial charge in [-0.05, 0) is 222 Å². The standard InChI is InChI=1S/C14H20FN3.C13H22N4.C13H24N2O.C12H25N3O.C12H23NO.C11H23N3.2C11H22N2O.C9H18N2/c1-10(2)17-8-12-3-4-13(9-17)18(12)11-5-6-16-14(15)7-11;1-10(2)16-8-11-4-5-12(9-16)17(11)13-6-14-15(3)7-13;1-4-13(16)9-15-11-5-6-12(15)8-14(7-11)10(2)3;1-9(2)14-6-7-15(10(3)8-14)11(4)12(16)13-5;1-10(2)13-8-7-12(14)6-4-3-5-11(12)9-13;1-9-8-13(5)6-7-14(9)11(3)10(2)12-4;2*1-9-8-12(5)6-7-13(9)10(14)11(2,3)4;1-10-4-6-11(7-5-10)8-9-2-3-9/h5-7,10,12-13H,3-4,8-9H2,1-2H3;6-7,10-12H,4-5,8-9H2,1-3H3;10-12H,4-9H2,1-3H3;9-11H,6-8H2,1-5H3,(H,13,16);10-11,14H,3-9H2,1-2H3;9,11-12H,2,6-8H2,1,3-5H3;2*9H,6-8H2,1-5H3;9H,2-8H2,1H3/t;;;10-,11?;11-,12+;9-,11?;2*9-;/m...01110./s1. The number of nitrogens with zero attached hydrogens (tertiary/aromatic N) is 20. The number of carbonyl (C=O) groups is 4. The number of ketones is 1. The molecule has 0 radical (unpaired) electrons. The SMILES string of the molecule is C=C(NC)C(C)N1CCN(C)C[C@H]1C.CC(C)N1CC2CCC(C1)N2c1ccnc(F)c1.CC(C)N1CC2CCC(C1)N2c1cnn(C)c1.CC(C)N1CC[C@@]2(O)CCCC[C@@H]2C1.CCC(=O)CN1C2CCC1CN(C(C)C)C2.CN1CCN(CC2CC2)CC1.CNC(=O)C(C)N1CCN(C(C)C)C[C@@H]1C.C[C@@H]1CN(C)CCN1C(=O)C(C)(C)C.C[C@H]1CN(C)CCN1C(=O)C(C)(C)C. The van der Waals surface area contributed by atoms with Crippen molar-refractivity contribution in [3.63, 3.8) is 0 Å². The molecular formula is C106H199FN22O5. The van der Waals surface area contributed by atoms with Crippen LogP contribution in [0.1, 0.15) is 249 Å². The van der Waals surface area contributed by atoms with Crippen molar-refractivity contribution >= 4 is 34.9 Å². The number of hydrogen-bond acceptors (Lipinski definition) is 23. The van der Waals surface area contributed by atoms with Gasteiger partial charge in [-0.3, -0.25) is 58.2 Å². The van der Waals surface area contributed by atoms with E-state index >= 15 is 0 Å². The van der Waals surface area contributed by atoms with E-state index in [1.807, 2.05) is 96.2 Å². The van der Waals surface area contributed by atoms with Crippen LogP contribution in [0, 0.1) is 28.6 Å². The van der Waals surface area contributed by atoms with E-state index in [9.17, 15) is 28.7 Å². The van der Waals surface area contributed by atoms with Crippen molar-refractivity contribution < 1.29 is 28.7 Å². The van der Waals surface area contributed by atoms with Gasteiger partial charge in [-0.2, -0.15) is 9.49 Å². The highest BCUT2D eigenvalue weighted by Gasteiger charge is 2.47. The first-order valence-corrected chi connectivity index (χ1v) is 53.1. The minimum atomic E-state index is -0.377. The van der Waals surface area contributed by atoms with Gasteiger partial charge in [0, 0.05) is 334 Å². The zero-order valence-corrected chi connectivity index (χ0v) is 90.8. The van der Waals surface area contributed by atoms with Crippen LogP contribution in [0.5, 0.6) is 0 Å². The molecule has 134 heavy (non-hydrogen) atoms. The Morgan fingerprint density at radius 2 is 0.910 bits per heavy atom. The number of pyridine rings is 1. The number of rotatable bonds is 17. The second kappa shape index (κ2) is 53.2. The van der Waals surface area contributed by atoms with Gasteiger partial charge in [-0.1, -0.05) is 67.9 Å². The molecule has 14 aliphatic rings. The number of amides is 3. The van der Waals surface area contributed by atoms with Gasteiger partial charge in [0.1, 0.15) is 5.78 Å². The molecule has 3 N–H and O–H groups in total. The number of fused-ring (bicyclic) bond motifs is 7. The fourth-order valence-corrected chi connectivity index (χ4v) is 22.7. The Morgan fingerprint density at radius 1 is 0.485 bits per heavy atom. The fraction of sp³-hybridized carbons (Fsp3) is 0.868. The summed E-state index contributed by atoms with van der Waals surface area (Å²) in [5.74, 6) is 2.31. The van der Waals surface area contributed by atoms with E-state index in [0.29, 0.717) is 121 Å². The molecule has 2 aromatic heterocycles. The van der Waals surface area contributed by atoms with Crippen LogP contribution in [0.15, 0.2) is 43.0 Å². The highest BCUT2D eigenvalue weighted by molar-refractivity contribution is 5.83. The summed E-state index contributed by atoms with van der Waals surface area (Å²) in [6.45, 7) is 82.1. The Labute approximate surface area is 816 Å². The van der Waals surface area contributed by atoms with Crippen LogP contribution in [-0.4, -0.2) is 438 Å². The molecule has 2 aliphatic carbocycles. The van der Waals surface area contributed by atoms with E-state index in [4.69, 9.17) is 0 Å². The average Bonchev–Trinajstić information content (AvgIpc) is 1.65. The Kier molecular flexibility index (Phi) is 45.3. The van der Waals surface area contributed by atoms with Gasteiger partial charge < -0.3 is 64.7 Å². The molecule has 27 nitrogen and oxygen atoms in total. The smallest absolute Gasteiger partial charge is 0.236 e.